The minimum Gasteiger partial charge on any atom is -0.352 e. The fourth-order valence-corrected chi connectivity index (χ4v) is 2.34. The number of nitrogens with zero attached hydrogens (tertiary/aromatic N) is 1. The predicted octanol–water partition coefficient (Wildman–Crippen LogP) is 4.13. The van der Waals surface area contributed by atoms with Gasteiger partial charge in [0.2, 0.25) is 0 Å². The van der Waals surface area contributed by atoms with Crippen LogP contribution in [0.1, 0.15) is 0 Å². The van der Waals surface area contributed by atoms with Gasteiger partial charge in [0.05, 0.1) is 5.52 Å². The Morgan fingerprint density at radius 3 is 2.93 bits per heavy atom. The van der Waals surface area contributed by atoms with E-state index in [1.807, 2.05) is 18.2 Å². The number of rotatable bonds is 0. The summed E-state index contributed by atoms with van der Waals surface area (Å²) >= 11 is 9.45. The van der Waals surface area contributed by atoms with Gasteiger partial charge in [-0.05, 0) is 18.2 Å². The first kappa shape index (κ1) is 9.19. The first-order chi connectivity index (χ1) is 7.25. The molecule has 0 radical (unpaired) electrons. The Morgan fingerprint density at radius 1 is 1.20 bits per heavy atom. The van der Waals surface area contributed by atoms with Crippen LogP contribution >= 0.6 is 27.5 Å². The van der Waals surface area contributed by atoms with Crippen LogP contribution in [0.5, 0.6) is 0 Å². The van der Waals surface area contributed by atoms with Gasteiger partial charge in [0, 0.05) is 27.0 Å². The average molecular weight is 282 g/mol. The van der Waals surface area contributed by atoms with E-state index < -0.39 is 0 Å². The minimum absolute atomic E-state index is 0.514. The molecular weight excluding hydrogens is 275 g/mol. The molecule has 0 bridgehead atoms. The molecule has 0 unspecified atom stereocenters. The van der Waals surface area contributed by atoms with Crippen LogP contribution in [0, 0.1) is 0 Å². The van der Waals surface area contributed by atoms with Crippen molar-refractivity contribution in [2.24, 2.45) is 0 Å². The van der Waals surface area contributed by atoms with E-state index >= 15 is 0 Å². The number of halogens is 2. The minimum atomic E-state index is 0.514. The average Bonchev–Trinajstić information content (AvgIpc) is 2.57. The van der Waals surface area contributed by atoms with E-state index in [4.69, 9.17) is 11.6 Å². The number of benzene rings is 1. The van der Waals surface area contributed by atoms with Gasteiger partial charge in [-0.25, -0.2) is 4.98 Å². The molecule has 0 fully saturated rings. The van der Waals surface area contributed by atoms with Crippen molar-refractivity contribution in [1.82, 2.24) is 9.97 Å². The zero-order chi connectivity index (χ0) is 10.4. The number of aromatic amines is 1. The van der Waals surface area contributed by atoms with E-state index in [0.717, 1.165) is 26.3 Å². The lowest BCUT2D eigenvalue weighted by Crippen LogP contribution is -1.74. The highest BCUT2D eigenvalue weighted by Gasteiger charge is 2.07. The van der Waals surface area contributed by atoms with Crippen molar-refractivity contribution in [3.63, 3.8) is 0 Å². The SMILES string of the molecule is Clc1nccc2c1[nH]c1cc(Br)ccc12. The van der Waals surface area contributed by atoms with E-state index in [2.05, 4.69) is 32.0 Å². The Bertz CT molecular complexity index is 660. The van der Waals surface area contributed by atoms with Gasteiger partial charge in [0.15, 0.2) is 5.15 Å². The second-order valence-electron chi connectivity index (χ2n) is 3.34. The number of nitrogens with one attached hydrogen (secondary N) is 1. The summed E-state index contributed by atoms with van der Waals surface area (Å²) in [6.07, 6.45) is 1.72. The topological polar surface area (TPSA) is 28.7 Å². The first-order valence-corrected chi connectivity index (χ1v) is 5.64. The van der Waals surface area contributed by atoms with E-state index in [0.29, 0.717) is 5.15 Å². The third kappa shape index (κ3) is 1.34. The normalized spacial score (nSPS) is 11.3. The molecule has 1 N–H and O–H groups in total. The second-order valence-corrected chi connectivity index (χ2v) is 4.61. The van der Waals surface area contributed by atoms with Crippen LogP contribution in [-0.2, 0) is 0 Å². The van der Waals surface area contributed by atoms with Gasteiger partial charge in [-0.2, -0.15) is 0 Å². The van der Waals surface area contributed by atoms with Gasteiger partial charge in [0.1, 0.15) is 0 Å². The van der Waals surface area contributed by atoms with Crippen LogP contribution in [0.2, 0.25) is 5.15 Å². The summed E-state index contributed by atoms with van der Waals surface area (Å²) in [6.45, 7) is 0. The van der Waals surface area contributed by atoms with Crippen LogP contribution < -0.4 is 0 Å². The summed E-state index contributed by atoms with van der Waals surface area (Å²) in [5.41, 5.74) is 1.96. The highest BCUT2D eigenvalue weighted by atomic mass is 79.9. The van der Waals surface area contributed by atoms with Gasteiger partial charge in [-0.15, -0.1) is 0 Å². The van der Waals surface area contributed by atoms with Crippen molar-refractivity contribution in [2.45, 2.75) is 0 Å². The van der Waals surface area contributed by atoms with Crippen LogP contribution in [0.4, 0.5) is 0 Å². The molecule has 74 valence electrons. The van der Waals surface area contributed by atoms with Gasteiger partial charge in [0.25, 0.3) is 0 Å². The molecule has 0 saturated carbocycles. The number of hydrogen-bond acceptors (Lipinski definition) is 1. The number of pyridine rings is 1. The number of aromatic nitrogens is 2. The Labute approximate surface area is 99.4 Å². The van der Waals surface area contributed by atoms with Gasteiger partial charge < -0.3 is 4.98 Å². The molecule has 0 amide bonds. The third-order valence-corrected chi connectivity index (χ3v) is 3.22. The highest BCUT2D eigenvalue weighted by Crippen LogP contribution is 2.30. The maximum atomic E-state index is 6.01. The van der Waals surface area contributed by atoms with Gasteiger partial charge in [-0.3, -0.25) is 0 Å². The van der Waals surface area contributed by atoms with Gasteiger partial charge >= 0.3 is 0 Å². The van der Waals surface area contributed by atoms with Crippen LogP contribution in [-0.4, -0.2) is 9.97 Å². The van der Waals surface area contributed by atoms with E-state index in [1.165, 1.54) is 0 Å². The smallest absolute Gasteiger partial charge is 0.153 e. The number of hydrogen-bond donors (Lipinski definition) is 1. The van der Waals surface area contributed by atoms with E-state index in [9.17, 15) is 0 Å². The predicted molar refractivity (Wildman–Crippen MR) is 66.3 cm³/mol. The fraction of sp³-hybridized carbons (Fsp3) is 0. The molecule has 0 aliphatic carbocycles. The maximum absolute atomic E-state index is 6.01. The summed E-state index contributed by atoms with van der Waals surface area (Å²) in [7, 11) is 0. The highest BCUT2D eigenvalue weighted by molar-refractivity contribution is 9.10. The molecule has 0 atom stereocenters. The third-order valence-electron chi connectivity index (χ3n) is 2.44. The summed E-state index contributed by atoms with van der Waals surface area (Å²) in [4.78, 5) is 7.31. The molecule has 2 aromatic heterocycles. The standard InChI is InChI=1S/C11H6BrClN2/c12-6-1-2-7-8-3-4-14-11(13)10(8)15-9(7)5-6/h1-5,15H. The molecule has 3 rings (SSSR count). The molecule has 0 spiro atoms. The molecular formula is C11H6BrClN2. The summed E-state index contributed by atoms with van der Waals surface area (Å²) in [5, 5.41) is 2.79. The van der Waals surface area contributed by atoms with Crippen molar-refractivity contribution in [2.75, 3.05) is 0 Å². The molecule has 15 heavy (non-hydrogen) atoms. The molecule has 2 heterocycles. The Balaban J connectivity index is 2.57. The first-order valence-electron chi connectivity index (χ1n) is 4.47. The molecule has 4 heteroatoms. The fourth-order valence-electron chi connectivity index (χ4n) is 1.77. The van der Waals surface area contributed by atoms with Gasteiger partial charge in [-0.1, -0.05) is 33.6 Å². The number of fused-ring (bicyclic) bond motifs is 3. The quantitative estimate of drug-likeness (QED) is 0.617. The maximum Gasteiger partial charge on any atom is 0.153 e. The lowest BCUT2D eigenvalue weighted by molar-refractivity contribution is 1.35. The lowest BCUT2D eigenvalue weighted by Gasteiger charge is -1.91. The molecule has 0 aliphatic rings. The second kappa shape index (κ2) is 3.22. The van der Waals surface area contributed by atoms with Crippen molar-refractivity contribution in [1.29, 1.82) is 0 Å². The zero-order valence-electron chi connectivity index (χ0n) is 7.59. The zero-order valence-corrected chi connectivity index (χ0v) is 9.93. The van der Waals surface area contributed by atoms with Crippen molar-refractivity contribution in [3.8, 4) is 0 Å². The Kier molecular flexibility index (Phi) is 1.97. The summed E-state index contributed by atoms with van der Waals surface area (Å²) < 4.78 is 1.05. The van der Waals surface area contributed by atoms with Crippen molar-refractivity contribution >= 4 is 49.3 Å². The number of H-pyrrole nitrogens is 1. The molecule has 0 saturated heterocycles. The van der Waals surface area contributed by atoms with E-state index in [-0.39, 0.29) is 0 Å². The molecule has 1 aromatic carbocycles. The molecule has 3 aromatic rings. The largest absolute Gasteiger partial charge is 0.352 e. The summed E-state index contributed by atoms with van der Waals surface area (Å²) in [6, 6.07) is 8.08. The Hall–Kier alpha value is -1.06. The monoisotopic (exact) mass is 280 g/mol. The Morgan fingerprint density at radius 2 is 2.07 bits per heavy atom. The van der Waals surface area contributed by atoms with Crippen molar-refractivity contribution < 1.29 is 0 Å². The van der Waals surface area contributed by atoms with E-state index in [1.54, 1.807) is 6.20 Å². The van der Waals surface area contributed by atoms with Crippen LogP contribution in [0.3, 0.4) is 0 Å². The van der Waals surface area contributed by atoms with Crippen LogP contribution in [0.25, 0.3) is 21.8 Å². The molecule has 2 nitrogen and oxygen atoms in total. The lowest BCUT2D eigenvalue weighted by atomic mass is 10.2. The van der Waals surface area contributed by atoms with Crippen molar-refractivity contribution in [3.05, 3.63) is 40.1 Å². The van der Waals surface area contributed by atoms with Crippen LogP contribution in [0.15, 0.2) is 34.9 Å². The summed E-state index contributed by atoms with van der Waals surface area (Å²) in [5.74, 6) is 0. The molecule has 0 aliphatic heterocycles.